The first-order valence-electron chi connectivity index (χ1n) is 8.74. The molecule has 0 radical (unpaired) electrons. The third-order valence-electron chi connectivity index (χ3n) is 3.78. The van der Waals surface area contributed by atoms with E-state index < -0.39 is 0 Å². The van der Waals surface area contributed by atoms with Gasteiger partial charge in [0.2, 0.25) is 0 Å². The first-order chi connectivity index (χ1) is 13.6. The molecule has 0 unspecified atom stereocenters. The zero-order chi connectivity index (χ0) is 19.9. The molecule has 0 aliphatic rings. The van der Waals surface area contributed by atoms with E-state index in [0.717, 1.165) is 11.4 Å². The lowest BCUT2D eigenvalue weighted by atomic mass is 10.2. The smallest absolute Gasteiger partial charge is 0.274 e. The van der Waals surface area contributed by atoms with Gasteiger partial charge in [0.15, 0.2) is 0 Å². The van der Waals surface area contributed by atoms with Crippen LogP contribution in [0.3, 0.4) is 0 Å². The number of hydrogen-bond donors (Lipinski definition) is 2. The summed E-state index contributed by atoms with van der Waals surface area (Å²) in [6, 6.07) is 17.7. The van der Waals surface area contributed by atoms with E-state index in [2.05, 4.69) is 26.7 Å². The van der Waals surface area contributed by atoms with Gasteiger partial charge in [-0.05, 0) is 62.4 Å². The highest BCUT2D eigenvalue weighted by Gasteiger charge is 2.11. The Hall–Kier alpha value is -3.92. The van der Waals surface area contributed by atoms with Crippen molar-refractivity contribution in [1.82, 2.24) is 9.97 Å². The van der Waals surface area contributed by atoms with Gasteiger partial charge in [-0.25, -0.2) is 9.97 Å². The second-order valence-corrected chi connectivity index (χ2v) is 5.91. The summed E-state index contributed by atoms with van der Waals surface area (Å²) < 4.78 is 5.39. The van der Waals surface area contributed by atoms with E-state index in [0.29, 0.717) is 29.5 Å². The predicted molar refractivity (Wildman–Crippen MR) is 107 cm³/mol. The number of carbonyl (C=O) groups is 1. The molecule has 1 heterocycles. The van der Waals surface area contributed by atoms with Gasteiger partial charge in [-0.15, -0.1) is 0 Å². The Balaban J connectivity index is 1.74. The van der Waals surface area contributed by atoms with Gasteiger partial charge in [-0.2, -0.15) is 5.26 Å². The van der Waals surface area contributed by atoms with E-state index in [1.807, 2.05) is 6.92 Å². The maximum atomic E-state index is 12.6. The summed E-state index contributed by atoms with van der Waals surface area (Å²) in [6.45, 7) is 4.22. The van der Waals surface area contributed by atoms with Crippen LogP contribution in [-0.2, 0) is 0 Å². The molecule has 0 aliphatic heterocycles. The van der Waals surface area contributed by atoms with E-state index in [1.165, 1.54) is 0 Å². The van der Waals surface area contributed by atoms with E-state index in [-0.39, 0.29) is 11.6 Å². The van der Waals surface area contributed by atoms with E-state index in [1.54, 1.807) is 61.5 Å². The Bertz CT molecular complexity index is 1010. The molecular weight excluding hydrogens is 354 g/mol. The SMILES string of the molecule is CCOc1ccc(NC(=O)c2cc(Nc3ccc(C#N)cc3)nc(C)n2)cc1. The molecule has 2 N–H and O–H groups in total. The number of nitrogens with zero attached hydrogens (tertiary/aromatic N) is 3. The molecule has 2 aromatic carbocycles. The third-order valence-corrected chi connectivity index (χ3v) is 3.78. The fourth-order valence-electron chi connectivity index (χ4n) is 2.52. The molecule has 0 fully saturated rings. The summed E-state index contributed by atoms with van der Waals surface area (Å²) in [5.74, 6) is 1.37. The van der Waals surface area contributed by atoms with Gasteiger partial charge in [-0.3, -0.25) is 4.79 Å². The van der Waals surface area contributed by atoms with Crippen LogP contribution >= 0.6 is 0 Å². The molecular formula is C21H19N5O2. The van der Waals surface area contributed by atoms with Crippen LogP contribution in [0.4, 0.5) is 17.2 Å². The molecule has 0 aliphatic carbocycles. The molecule has 7 heteroatoms. The van der Waals surface area contributed by atoms with Gasteiger partial charge in [0.05, 0.1) is 18.2 Å². The van der Waals surface area contributed by atoms with Crippen LogP contribution in [0.25, 0.3) is 0 Å². The van der Waals surface area contributed by atoms with Gasteiger partial charge in [0.25, 0.3) is 5.91 Å². The Kier molecular flexibility index (Phi) is 5.82. The molecule has 28 heavy (non-hydrogen) atoms. The van der Waals surface area contributed by atoms with Gasteiger partial charge < -0.3 is 15.4 Å². The minimum atomic E-state index is -0.336. The normalized spacial score (nSPS) is 10.0. The van der Waals surface area contributed by atoms with Crippen LogP contribution in [0.5, 0.6) is 5.75 Å². The number of anilines is 3. The first kappa shape index (κ1) is 18.9. The van der Waals surface area contributed by atoms with Crippen molar-refractivity contribution in [2.24, 2.45) is 0 Å². The molecule has 0 spiro atoms. The fourth-order valence-corrected chi connectivity index (χ4v) is 2.52. The lowest BCUT2D eigenvalue weighted by Gasteiger charge is -2.10. The van der Waals surface area contributed by atoms with Crippen molar-refractivity contribution in [3.05, 3.63) is 71.7 Å². The van der Waals surface area contributed by atoms with Crippen LogP contribution < -0.4 is 15.4 Å². The van der Waals surface area contributed by atoms with Crippen LogP contribution in [0.15, 0.2) is 54.6 Å². The Morgan fingerprint density at radius 1 is 1.07 bits per heavy atom. The third kappa shape index (κ3) is 4.83. The second-order valence-electron chi connectivity index (χ2n) is 5.91. The molecule has 0 bridgehead atoms. The number of rotatable bonds is 6. The van der Waals surface area contributed by atoms with Crippen molar-refractivity contribution in [1.29, 1.82) is 5.26 Å². The molecule has 0 saturated heterocycles. The largest absolute Gasteiger partial charge is 0.494 e. The van der Waals surface area contributed by atoms with Crippen molar-refractivity contribution < 1.29 is 9.53 Å². The lowest BCUT2D eigenvalue weighted by Crippen LogP contribution is -2.15. The highest BCUT2D eigenvalue weighted by atomic mass is 16.5. The number of aryl methyl sites for hydroxylation is 1. The number of ether oxygens (including phenoxy) is 1. The standard InChI is InChI=1S/C21H19N5O2/c1-3-28-18-10-8-17(9-11-18)26-21(27)19-12-20(24-14(2)23-19)25-16-6-4-15(13-22)5-7-16/h4-12H,3H2,1-2H3,(H,26,27)(H,23,24,25). The number of nitrogens with one attached hydrogen (secondary N) is 2. The topological polar surface area (TPSA) is 99.9 Å². The first-order valence-corrected chi connectivity index (χ1v) is 8.74. The molecule has 3 aromatic rings. The summed E-state index contributed by atoms with van der Waals surface area (Å²) in [4.78, 5) is 21.1. The van der Waals surface area contributed by atoms with Gasteiger partial charge >= 0.3 is 0 Å². The molecule has 0 saturated carbocycles. The number of amides is 1. The number of aromatic nitrogens is 2. The summed E-state index contributed by atoms with van der Waals surface area (Å²) in [5.41, 5.74) is 2.22. The molecule has 140 valence electrons. The average Bonchev–Trinajstić information content (AvgIpc) is 2.70. The summed E-state index contributed by atoms with van der Waals surface area (Å²) in [5, 5.41) is 14.8. The summed E-state index contributed by atoms with van der Waals surface area (Å²) in [7, 11) is 0. The monoisotopic (exact) mass is 373 g/mol. The lowest BCUT2D eigenvalue weighted by molar-refractivity contribution is 0.102. The van der Waals surface area contributed by atoms with Gasteiger partial charge in [0, 0.05) is 17.4 Å². The highest BCUT2D eigenvalue weighted by Crippen LogP contribution is 2.18. The maximum Gasteiger partial charge on any atom is 0.274 e. The molecule has 1 aromatic heterocycles. The fraction of sp³-hybridized carbons (Fsp3) is 0.143. The quantitative estimate of drug-likeness (QED) is 0.676. The number of carbonyl (C=O) groups excluding carboxylic acids is 1. The molecule has 3 rings (SSSR count). The van der Waals surface area contributed by atoms with E-state index in [9.17, 15) is 4.79 Å². The number of hydrogen-bond acceptors (Lipinski definition) is 6. The van der Waals surface area contributed by atoms with Crippen LogP contribution in [0.1, 0.15) is 28.8 Å². The van der Waals surface area contributed by atoms with Crippen molar-refractivity contribution >= 4 is 23.1 Å². The zero-order valence-corrected chi connectivity index (χ0v) is 15.6. The molecule has 1 amide bonds. The van der Waals surface area contributed by atoms with Crippen LogP contribution in [-0.4, -0.2) is 22.5 Å². The van der Waals surface area contributed by atoms with Crippen LogP contribution in [0.2, 0.25) is 0 Å². The van der Waals surface area contributed by atoms with Crippen molar-refractivity contribution in [3.8, 4) is 11.8 Å². The second kappa shape index (κ2) is 8.64. The number of nitriles is 1. The number of benzene rings is 2. The zero-order valence-electron chi connectivity index (χ0n) is 15.6. The summed E-state index contributed by atoms with van der Waals surface area (Å²) in [6.07, 6.45) is 0. The van der Waals surface area contributed by atoms with Gasteiger partial charge in [0.1, 0.15) is 23.1 Å². The average molecular weight is 373 g/mol. The Morgan fingerprint density at radius 3 is 2.39 bits per heavy atom. The minimum Gasteiger partial charge on any atom is -0.494 e. The van der Waals surface area contributed by atoms with Crippen molar-refractivity contribution in [2.45, 2.75) is 13.8 Å². The minimum absolute atomic E-state index is 0.248. The maximum absolute atomic E-state index is 12.6. The van der Waals surface area contributed by atoms with Crippen molar-refractivity contribution in [3.63, 3.8) is 0 Å². The van der Waals surface area contributed by atoms with E-state index in [4.69, 9.17) is 10.00 Å². The highest BCUT2D eigenvalue weighted by molar-refractivity contribution is 6.03. The van der Waals surface area contributed by atoms with Gasteiger partial charge in [-0.1, -0.05) is 0 Å². The predicted octanol–water partition coefficient (Wildman–Crippen LogP) is 4.05. The Labute approximate surface area is 163 Å². The molecule has 0 atom stereocenters. The summed E-state index contributed by atoms with van der Waals surface area (Å²) >= 11 is 0. The Morgan fingerprint density at radius 2 is 1.75 bits per heavy atom. The van der Waals surface area contributed by atoms with Crippen LogP contribution in [0, 0.1) is 18.3 Å². The van der Waals surface area contributed by atoms with E-state index >= 15 is 0 Å². The molecule has 7 nitrogen and oxygen atoms in total. The van der Waals surface area contributed by atoms with Crippen molar-refractivity contribution in [2.75, 3.05) is 17.2 Å².